The zero-order valence-corrected chi connectivity index (χ0v) is 9.66. The molecule has 4 nitrogen and oxygen atoms in total. The van der Waals surface area contributed by atoms with Gasteiger partial charge in [-0.1, -0.05) is 32.3 Å². The zero-order valence-electron chi connectivity index (χ0n) is 9.66. The summed E-state index contributed by atoms with van der Waals surface area (Å²) < 4.78 is 5.19. The molecular formula is C11H19N3O. The molecule has 1 saturated carbocycles. The van der Waals surface area contributed by atoms with E-state index >= 15 is 0 Å². The Morgan fingerprint density at radius 3 is 2.80 bits per heavy atom. The number of rotatable bonds is 4. The van der Waals surface area contributed by atoms with Crippen LogP contribution in [-0.2, 0) is 0 Å². The lowest BCUT2D eigenvalue weighted by atomic mass is 10.1. The van der Waals surface area contributed by atoms with Gasteiger partial charge in [0.1, 0.15) is 0 Å². The maximum atomic E-state index is 5.91. The van der Waals surface area contributed by atoms with Gasteiger partial charge in [-0.3, -0.25) is 0 Å². The van der Waals surface area contributed by atoms with Crippen molar-refractivity contribution >= 4 is 0 Å². The van der Waals surface area contributed by atoms with Crippen LogP contribution in [0.5, 0.6) is 0 Å². The summed E-state index contributed by atoms with van der Waals surface area (Å²) in [5, 5.41) is 4.01. The van der Waals surface area contributed by atoms with E-state index in [2.05, 4.69) is 30.9 Å². The molecular weight excluding hydrogens is 190 g/mol. The van der Waals surface area contributed by atoms with Crippen LogP contribution in [0.25, 0.3) is 0 Å². The fourth-order valence-electron chi connectivity index (χ4n) is 1.88. The highest BCUT2D eigenvalue weighted by atomic mass is 16.5. The highest BCUT2D eigenvalue weighted by Gasteiger charge is 2.49. The molecule has 0 aliphatic heterocycles. The van der Waals surface area contributed by atoms with Gasteiger partial charge < -0.3 is 10.3 Å². The van der Waals surface area contributed by atoms with Gasteiger partial charge in [0.2, 0.25) is 5.89 Å². The first-order chi connectivity index (χ1) is 7.04. The summed E-state index contributed by atoms with van der Waals surface area (Å²) >= 11 is 0. The van der Waals surface area contributed by atoms with Crippen molar-refractivity contribution in [1.82, 2.24) is 10.1 Å². The van der Waals surface area contributed by atoms with Crippen molar-refractivity contribution in [3.05, 3.63) is 11.7 Å². The van der Waals surface area contributed by atoms with Crippen molar-refractivity contribution in [3.63, 3.8) is 0 Å². The van der Waals surface area contributed by atoms with Crippen molar-refractivity contribution in [3.8, 4) is 0 Å². The predicted octanol–water partition coefficient (Wildman–Crippen LogP) is 2.38. The first-order valence-corrected chi connectivity index (χ1v) is 5.63. The van der Waals surface area contributed by atoms with E-state index in [1.165, 1.54) is 0 Å². The summed E-state index contributed by atoms with van der Waals surface area (Å²) in [6.45, 7) is 6.54. The highest BCUT2D eigenvalue weighted by Crippen LogP contribution is 2.57. The van der Waals surface area contributed by atoms with Gasteiger partial charge >= 0.3 is 0 Å². The lowest BCUT2D eigenvalue weighted by Crippen LogP contribution is -2.10. The summed E-state index contributed by atoms with van der Waals surface area (Å²) in [5.74, 6) is 1.89. The number of hydrogen-bond donors (Lipinski definition) is 1. The quantitative estimate of drug-likeness (QED) is 0.826. The second-order valence-corrected chi connectivity index (χ2v) is 5.13. The molecule has 0 saturated heterocycles. The second kappa shape index (κ2) is 3.59. The maximum Gasteiger partial charge on any atom is 0.243 e. The Bertz CT molecular complexity index is 345. The minimum Gasteiger partial charge on any atom is -0.338 e. The second-order valence-electron chi connectivity index (χ2n) is 5.13. The lowest BCUT2D eigenvalue weighted by Gasteiger charge is -2.02. The Balaban J connectivity index is 2.05. The number of hydrogen-bond acceptors (Lipinski definition) is 4. The standard InChI is InChI=1S/C11H19N3O/c1-4-5-8(12)10-13-9(14-15-10)7-6-11(7,2)3/h7-8H,4-6,12H2,1-3H3. The summed E-state index contributed by atoms with van der Waals surface area (Å²) in [4.78, 5) is 4.38. The summed E-state index contributed by atoms with van der Waals surface area (Å²) in [5.41, 5.74) is 6.25. The number of nitrogens with zero attached hydrogens (tertiary/aromatic N) is 2. The molecule has 2 unspecified atom stereocenters. The smallest absolute Gasteiger partial charge is 0.243 e. The summed E-state index contributed by atoms with van der Waals surface area (Å²) in [6.07, 6.45) is 3.08. The van der Waals surface area contributed by atoms with Crippen LogP contribution in [0.15, 0.2) is 4.52 Å². The van der Waals surface area contributed by atoms with E-state index in [1.54, 1.807) is 0 Å². The molecule has 0 bridgehead atoms. The third-order valence-electron chi connectivity index (χ3n) is 3.20. The average Bonchev–Trinajstić information content (AvgIpc) is 2.66. The largest absolute Gasteiger partial charge is 0.338 e. The molecule has 4 heteroatoms. The van der Waals surface area contributed by atoms with E-state index in [4.69, 9.17) is 10.3 Å². The first kappa shape index (κ1) is 10.6. The Hall–Kier alpha value is -0.900. The van der Waals surface area contributed by atoms with Gasteiger partial charge in [-0.2, -0.15) is 4.98 Å². The molecule has 0 amide bonds. The SMILES string of the molecule is CCCC(N)c1nc(C2CC2(C)C)no1. The summed E-state index contributed by atoms with van der Waals surface area (Å²) in [7, 11) is 0. The van der Waals surface area contributed by atoms with Crippen LogP contribution >= 0.6 is 0 Å². The third kappa shape index (κ3) is 2.04. The van der Waals surface area contributed by atoms with E-state index in [-0.39, 0.29) is 6.04 Å². The normalized spacial score (nSPS) is 25.2. The van der Waals surface area contributed by atoms with Gasteiger partial charge in [-0.05, 0) is 18.3 Å². The topological polar surface area (TPSA) is 64.9 Å². The average molecular weight is 209 g/mol. The molecule has 0 spiro atoms. The molecule has 2 rings (SSSR count). The van der Waals surface area contributed by atoms with Crippen molar-refractivity contribution in [2.45, 2.75) is 52.0 Å². The Morgan fingerprint density at radius 2 is 2.27 bits per heavy atom. The fourth-order valence-corrected chi connectivity index (χ4v) is 1.88. The van der Waals surface area contributed by atoms with Gasteiger partial charge in [0.15, 0.2) is 5.82 Å². The van der Waals surface area contributed by atoms with Crippen molar-refractivity contribution in [1.29, 1.82) is 0 Å². The number of aromatic nitrogens is 2. The molecule has 1 aliphatic rings. The minimum absolute atomic E-state index is 0.0990. The molecule has 0 radical (unpaired) electrons. The van der Waals surface area contributed by atoms with Crippen molar-refractivity contribution in [2.24, 2.45) is 11.1 Å². The predicted molar refractivity (Wildman–Crippen MR) is 57.3 cm³/mol. The van der Waals surface area contributed by atoms with E-state index in [0.29, 0.717) is 17.2 Å². The first-order valence-electron chi connectivity index (χ1n) is 5.63. The van der Waals surface area contributed by atoms with Gasteiger partial charge in [-0.15, -0.1) is 0 Å². The van der Waals surface area contributed by atoms with Gasteiger partial charge in [-0.25, -0.2) is 0 Å². The monoisotopic (exact) mass is 209 g/mol. The van der Waals surface area contributed by atoms with E-state index in [9.17, 15) is 0 Å². The number of nitrogens with two attached hydrogens (primary N) is 1. The van der Waals surface area contributed by atoms with Crippen LogP contribution in [-0.4, -0.2) is 10.1 Å². The van der Waals surface area contributed by atoms with E-state index < -0.39 is 0 Å². The Morgan fingerprint density at radius 1 is 1.60 bits per heavy atom. The Labute approximate surface area is 90.2 Å². The molecule has 15 heavy (non-hydrogen) atoms. The van der Waals surface area contributed by atoms with E-state index in [0.717, 1.165) is 25.1 Å². The van der Waals surface area contributed by atoms with Crippen LogP contribution in [0.2, 0.25) is 0 Å². The van der Waals surface area contributed by atoms with Crippen LogP contribution in [0.3, 0.4) is 0 Å². The van der Waals surface area contributed by atoms with Crippen LogP contribution in [0, 0.1) is 5.41 Å². The summed E-state index contributed by atoms with van der Waals surface area (Å²) in [6, 6.07) is -0.0990. The Kier molecular flexibility index (Phi) is 2.54. The molecule has 1 aromatic rings. The molecule has 1 aliphatic carbocycles. The van der Waals surface area contributed by atoms with Crippen molar-refractivity contribution < 1.29 is 4.52 Å². The molecule has 1 aromatic heterocycles. The lowest BCUT2D eigenvalue weighted by molar-refractivity contribution is 0.343. The van der Waals surface area contributed by atoms with Gasteiger partial charge in [0, 0.05) is 5.92 Å². The van der Waals surface area contributed by atoms with Crippen molar-refractivity contribution in [2.75, 3.05) is 0 Å². The van der Waals surface area contributed by atoms with Crippen LogP contribution < -0.4 is 5.73 Å². The van der Waals surface area contributed by atoms with Gasteiger partial charge in [0.25, 0.3) is 0 Å². The molecule has 1 heterocycles. The molecule has 1 fully saturated rings. The molecule has 2 N–H and O–H groups in total. The minimum atomic E-state index is -0.0990. The van der Waals surface area contributed by atoms with Crippen LogP contribution in [0.1, 0.15) is 63.7 Å². The maximum absolute atomic E-state index is 5.91. The molecule has 2 atom stereocenters. The van der Waals surface area contributed by atoms with Gasteiger partial charge in [0.05, 0.1) is 6.04 Å². The van der Waals surface area contributed by atoms with Crippen LogP contribution in [0.4, 0.5) is 0 Å². The molecule has 0 aromatic carbocycles. The third-order valence-corrected chi connectivity index (χ3v) is 3.20. The fraction of sp³-hybridized carbons (Fsp3) is 0.818. The van der Waals surface area contributed by atoms with E-state index in [1.807, 2.05) is 0 Å². The molecule has 84 valence electrons. The highest BCUT2D eigenvalue weighted by molar-refractivity contribution is 5.14. The zero-order chi connectivity index (χ0) is 11.1.